The van der Waals surface area contributed by atoms with E-state index in [1.165, 1.54) is 6.92 Å². The van der Waals surface area contributed by atoms with Crippen molar-refractivity contribution in [2.24, 2.45) is 0 Å². The SMILES string of the molecule is CCc1cc(C)c(C(=N)OC(C)=N)cc1OC. The molecule has 0 radical (unpaired) electrons. The highest BCUT2D eigenvalue weighted by Crippen LogP contribution is 2.24. The molecule has 0 bridgehead atoms. The van der Waals surface area contributed by atoms with Crippen molar-refractivity contribution in [1.82, 2.24) is 0 Å². The molecule has 0 fully saturated rings. The Morgan fingerprint density at radius 2 is 1.94 bits per heavy atom. The fourth-order valence-electron chi connectivity index (χ4n) is 1.67. The van der Waals surface area contributed by atoms with Crippen molar-refractivity contribution < 1.29 is 9.47 Å². The quantitative estimate of drug-likeness (QED) is 0.623. The molecule has 1 rings (SSSR count). The zero-order valence-corrected chi connectivity index (χ0v) is 10.7. The maximum atomic E-state index is 7.78. The molecule has 0 amide bonds. The minimum absolute atomic E-state index is 0.00735. The van der Waals surface area contributed by atoms with E-state index in [2.05, 4.69) is 6.92 Å². The van der Waals surface area contributed by atoms with Crippen LogP contribution in [-0.2, 0) is 11.2 Å². The van der Waals surface area contributed by atoms with Gasteiger partial charge in [0.15, 0.2) is 5.90 Å². The van der Waals surface area contributed by atoms with Crippen LogP contribution >= 0.6 is 0 Å². The summed E-state index contributed by atoms with van der Waals surface area (Å²) >= 11 is 0. The molecule has 0 spiro atoms. The fraction of sp³-hybridized carbons (Fsp3) is 0.385. The maximum absolute atomic E-state index is 7.78. The van der Waals surface area contributed by atoms with Crippen molar-refractivity contribution in [3.63, 3.8) is 0 Å². The Labute approximate surface area is 102 Å². The first kappa shape index (κ1) is 13.2. The first-order valence-corrected chi connectivity index (χ1v) is 5.49. The maximum Gasteiger partial charge on any atom is 0.221 e. The minimum Gasteiger partial charge on any atom is -0.496 e. The van der Waals surface area contributed by atoms with Gasteiger partial charge in [0, 0.05) is 12.5 Å². The second-order valence-electron chi connectivity index (χ2n) is 3.82. The lowest BCUT2D eigenvalue weighted by atomic mass is 10.0. The van der Waals surface area contributed by atoms with Crippen LogP contribution in [-0.4, -0.2) is 18.9 Å². The van der Waals surface area contributed by atoms with E-state index >= 15 is 0 Å². The molecular formula is C13H18N2O2. The predicted octanol–water partition coefficient (Wildman–Crippen LogP) is 2.91. The highest BCUT2D eigenvalue weighted by atomic mass is 16.5. The lowest BCUT2D eigenvalue weighted by molar-refractivity contribution is 0.409. The standard InChI is InChI=1S/C13H18N2O2/c1-5-10-6-8(2)11(7-12(10)16-4)13(15)17-9(3)14/h6-7,14-15H,5H2,1-4H3. The molecule has 0 aromatic heterocycles. The van der Waals surface area contributed by atoms with E-state index in [0.717, 1.165) is 23.3 Å². The van der Waals surface area contributed by atoms with E-state index < -0.39 is 0 Å². The second-order valence-corrected chi connectivity index (χ2v) is 3.82. The molecule has 17 heavy (non-hydrogen) atoms. The van der Waals surface area contributed by atoms with Crippen LogP contribution in [0.15, 0.2) is 12.1 Å². The number of benzene rings is 1. The highest BCUT2D eigenvalue weighted by molar-refractivity contribution is 6.00. The lowest BCUT2D eigenvalue weighted by Gasteiger charge is -2.13. The number of hydrogen-bond donors (Lipinski definition) is 2. The Balaban J connectivity index is 3.16. The van der Waals surface area contributed by atoms with Gasteiger partial charge in [-0.25, -0.2) is 0 Å². The van der Waals surface area contributed by atoms with Gasteiger partial charge >= 0.3 is 0 Å². The lowest BCUT2D eigenvalue weighted by Crippen LogP contribution is -2.11. The predicted molar refractivity (Wildman–Crippen MR) is 68.4 cm³/mol. The molecule has 4 nitrogen and oxygen atoms in total. The summed E-state index contributed by atoms with van der Waals surface area (Å²) in [4.78, 5) is 0. The van der Waals surface area contributed by atoms with Gasteiger partial charge in [0.05, 0.1) is 7.11 Å². The largest absolute Gasteiger partial charge is 0.496 e. The van der Waals surface area contributed by atoms with Crippen LogP contribution in [0.5, 0.6) is 5.75 Å². The van der Waals surface area contributed by atoms with Crippen molar-refractivity contribution in [2.45, 2.75) is 27.2 Å². The van der Waals surface area contributed by atoms with Crippen LogP contribution < -0.4 is 4.74 Å². The van der Waals surface area contributed by atoms with Crippen molar-refractivity contribution in [2.75, 3.05) is 7.11 Å². The Morgan fingerprint density at radius 1 is 1.29 bits per heavy atom. The third-order valence-corrected chi connectivity index (χ3v) is 2.51. The van der Waals surface area contributed by atoms with Gasteiger partial charge in [-0.05, 0) is 30.5 Å². The molecule has 0 atom stereocenters. The monoisotopic (exact) mass is 234 g/mol. The molecule has 0 saturated heterocycles. The molecule has 2 N–H and O–H groups in total. The smallest absolute Gasteiger partial charge is 0.221 e. The van der Waals surface area contributed by atoms with Crippen LogP contribution in [0.2, 0.25) is 0 Å². The molecule has 4 heteroatoms. The van der Waals surface area contributed by atoms with Gasteiger partial charge in [0.1, 0.15) is 5.75 Å². The van der Waals surface area contributed by atoms with Gasteiger partial charge in [-0.3, -0.25) is 10.8 Å². The van der Waals surface area contributed by atoms with Gasteiger partial charge in [-0.15, -0.1) is 0 Å². The summed E-state index contributed by atoms with van der Waals surface area (Å²) in [7, 11) is 1.61. The molecule has 0 heterocycles. The third kappa shape index (κ3) is 3.06. The summed E-state index contributed by atoms with van der Waals surface area (Å²) < 4.78 is 10.3. The van der Waals surface area contributed by atoms with Crippen LogP contribution in [0.1, 0.15) is 30.5 Å². The Bertz CT molecular complexity index is 453. The molecule has 1 aromatic carbocycles. The van der Waals surface area contributed by atoms with Crippen LogP contribution in [0.3, 0.4) is 0 Å². The van der Waals surface area contributed by atoms with Gasteiger partial charge in [-0.2, -0.15) is 0 Å². The number of aryl methyl sites for hydroxylation is 2. The molecule has 0 saturated carbocycles. The van der Waals surface area contributed by atoms with E-state index in [-0.39, 0.29) is 11.8 Å². The van der Waals surface area contributed by atoms with E-state index in [1.54, 1.807) is 13.2 Å². The molecule has 0 unspecified atom stereocenters. The van der Waals surface area contributed by atoms with Crippen molar-refractivity contribution in [1.29, 1.82) is 10.8 Å². The zero-order chi connectivity index (χ0) is 13.0. The van der Waals surface area contributed by atoms with E-state index in [9.17, 15) is 0 Å². The Hall–Kier alpha value is -1.84. The summed E-state index contributed by atoms with van der Waals surface area (Å²) in [6.45, 7) is 5.48. The number of rotatable bonds is 3. The van der Waals surface area contributed by atoms with Gasteiger partial charge in [0.25, 0.3) is 0 Å². The van der Waals surface area contributed by atoms with E-state index in [4.69, 9.17) is 20.3 Å². The van der Waals surface area contributed by atoms with Crippen LogP contribution in [0.25, 0.3) is 0 Å². The zero-order valence-electron chi connectivity index (χ0n) is 10.7. The summed E-state index contributed by atoms with van der Waals surface area (Å²) in [5.41, 5.74) is 2.72. The van der Waals surface area contributed by atoms with E-state index in [0.29, 0.717) is 5.56 Å². The van der Waals surface area contributed by atoms with Gasteiger partial charge < -0.3 is 9.47 Å². The number of nitrogens with one attached hydrogen (secondary N) is 2. The summed E-state index contributed by atoms with van der Waals surface area (Å²) in [6, 6.07) is 3.78. The first-order valence-electron chi connectivity index (χ1n) is 5.49. The Morgan fingerprint density at radius 3 is 2.41 bits per heavy atom. The molecule has 92 valence electrons. The van der Waals surface area contributed by atoms with Gasteiger partial charge in [-0.1, -0.05) is 13.0 Å². The first-order chi connectivity index (χ1) is 7.99. The average molecular weight is 234 g/mol. The van der Waals surface area contributed by atoms with Gasteiger partial charge in [0.2, 0.25) is 5.90 Å². The molecule has 0 aliphatic rings. The highest BCUT2D eigenvalue weighted by Gasteiger charge is 2.12. The average Bonchev–Trinajstić information content (AvgIpc) is 2.27. The van der Waals surface area contributed by atoms with E-state index in [1.807, 2.05) is 13.0 Å². The molecule has 0 aliphatic carbocycles. The number of methoxy groups -OCH3 is 1. The van der Waals surface area contributed by atoms with Crippen molar-refractivity contribution in [3.8, 4) is 5.75 Å². The molecule has 0 aliphatic heterocycles. The normalized spacial score (nSPS) is 9.88. The summed E-state index contributed by atoms with van der Waals surface area (Å²) in [5.74, 6) is 0.743. The van der Waals surface area contributed by atoms with Crippen LogP contribution in [0.4, 0.5) is 0 Å². The van der Waals surface area contributed by atoms with Crippen molar-refractivity contribution in [3.05, 3.63) is 28.8 Å². The topological polar surface area (TPSA) is 66.2 Å². The second kappa shape index (κ2) is 5.48. The Kier molecular flexibility index (Phi) is 4.26. The fourth-order valence-corrected chi connectivity index (χ4v) is 1.67. The summed E-state index contributed by atoms with van der Waals surface area (Å²) in [6.07, 6.45) is 0.877. The number of ether oxygens (including phenoxy) is 2. The molecular weight excluding hydrogens is 216 g/mol. The number of hydrogen-bond acceptors (Lipinski definition) is 4. The van der Waals surface area contributed by atoms with Crippen LogP contribution in [0, 0.1) is 17.7 Å². The molecule has 1 aromatic rings. The third-order valence-electron chi connectivity index (χ3n) is 2.51. The minimum atomic E-state index is -0.0176. The summed E-state index contributed by atoms with van der Waals surface area (Å²) in [5, 5.41) is 15.0. The van der Waals surface area contributed by atoms with Crippen molar-refractivity contribution >= 4 is 11.8 Å².